The molecule has 0 aliphatic carbocycles. The first kappa shape index (κ1) is 21.9. The molecule has 1 aliphatic heterocycles. The largest absolute Gasteiger partial charge is 0.508 e. The standard InChI is InChI=1S/C24H16Cl2FNO4/c25-18-10-5-15(11-19(18)26)22(30)20-21(14-3-8-17(29)9-4-14)28(24(32)23(20)31)12-13-1-6-16(27)7-2-13/h1-11,21,29-30H,12H2/b22-20-. The lowest BCUT2D eigenvalue weighted by Gasteiger charge is -2.25. The van der Waals surface area contributed by atoms with E-state index in [1.807, 2.05) is 0 Å². The van der Waals surface area contributed by atoms with Crippen LogP contribution in [0.2, 0.25) is 10.0 Å². The first-order valence-electron chi connectivity index (χ1n) is 9.53. The number of aromatic hydroxyl groups is 1. The number of phenols is 1. The van der Waals surface area contributed by atoms with E-state index in [1.165, 1.54) is 59.5 Å². The second-order valence-electron chi connectivity index (χ2n) is 7.27. The van der Waals surface area contributed by atoms with Crippen molar-refractivity contribution in [2.45, 2.75) is 12.6 Å². The van der Waals surface area contributed by atoms with Crippen LogP contribution < -0.4 is 0 Å². The number of carbonyl (C=O) groups excluding carboxylic acids is 2. The molecule has 32 heavy (non-hydrogen) atoms. The number of aliphatic hydroxyl groups excluding tert-OH is 1. The lowest BCUT2D eigenvalue weighted by atomic mass is 9.95. The van der Waals surface area contributed by atoms with Crippen molar-refractivity contribution in [3.63, 3.8) is 0 Å². The summed E-state index contributed by atoms with van der Waals surface area (Å²) in [6.07, 6.45) is 0. The molecule has 0 saturated carbocycles. The molecule has 3 aromatic rings. The minimum atomic E-state index is -0.935. The normalized spacial score (nSPS) is 17.7. The summed E-state index contributed by atoms with van der Waals surface area (Å²) < 4.78 is 13.3. The first-order valence-corrected chi connectivity index (χ1v) is 10.3. The summed E-state index contributed by atoms with van der Waals surface area (Å²) >= 11 is 12.0. The Bertz CT molecular complexity index is 1240. The van der Waals surface area contributed by atoms with E-state index in [4.69, 9.17) is 23.2 Å². The number of carbonyl (C=O) groups is 2. The van der Waals surface area contributed by atoms with Crippen LogP contribution in [0.3, 0.4) is 0 Å². The lowest BCUT2D eigenvalue weighted by molar-refractivity contribution is -0.140. The maximum atomic E-state index is 13.3. The number of hydrogen-bond donors (Lipinski definition) is 2. The molecule has 3 aromatic carbocycles. The zero-order chi connectivity index (χ0) is 23.0. The van der Waals surface area contributed by atoms with Crippen LogP contribution in [0.5, 0.6) is 5.75 Å². The Kier molecular flexibility index (Phi) is 5.91. The summed E-state index contributed by atoms with van der Waals surface area (Å²) in [6, 6.07) is 15.0. The van der Waals surface area contributed by atoms with E-state index in [0.717, 1.165) is 0 Å². The fraction of sp³-hybridized carbons (Fsp3) is 0.0833. The molecule has 5 nitrogen and oxygen atoms in total. The zero-order valence-corrected chi connectivity index (χ0v) is 17.9. The van der Waals surface area contributed by atoms with Gasteiger partial charge in [0.05, 0.1) is 21.7 Å². The predicted octanol–water partition coefficient (Wildman–Crippen LogP) is 5.46. The van der Waals surface area contributed by atoms with Gasteiger partial charge in [-0.1, -0.05) is 47.5 Å². The van der Waals surface area contributed by atoms with Crippen molar-refractivity contribution in [3.8, 4) is 5.75 Å². The van der Waals surface area contributed by atoms with Gasteiger partial charge in [0.1, 0.15) is 17.3 Å². The number of amides is 1. The number of rotatable bonds is 4. The maximum absolute atomic E-state index is 13.3. The maximum Gasteiger partial charge on any atom is 0.295 e. The average molecular weight is 472 g/mol. The predicted molar refractivity (Wildman–Crippen MR) is 119 cm³/mol. The van der Waals surface area contributed by atoms with E-state index in [1.54, 1.807) is 12.1 Å². The van der Waals surface area contributed by atoms with Gasteiger partial charge in [0.25, 0.3) is 11.7 Å². The Morgan fingerprint density at radius 2 is 1.59 bits per heavy atom. The molecule has 1 unspecified atom stereocenters. The SMILES string of the molecule is O=C1C(=O)N(Cc2ccc(F)cc2)C(c2ccc(O)cc2)/C1=C(/O)c1ccc(Cl)c(Cl)c1. The molecule has 2 N–H and O–H groups in total. The molecule has 0 radical (unpaired) electrons. The Morgan fingerprint density at radius 1 is 0.938 bits per heavy atom. The van der Waals surface area contributed by atoms with Gasteiger partial charge in [0.2, 0.25) is 0 Å². The molecule has 1 heterocycles. The highest BCUT2D eigenvalue weighted by Crippen LogP contribution is 2.41. The van der Waals surface area contributed by atoms with Crippen LogP contribution in [0.25, 0.3) is 5.76 Å². The molecular formula is C24H16Cl2FNO4. The van der Waals surface area contributed by atoms with Crippen LogP contribution >= 0.6 is 23.2 Å². The van der Waals surface area contributed by atoms with Gasteiger partial charge in [0.15, 0.2) is 0 Å². The Balaban J connectivity index is 1.86. The van der Waals surface area contributed by atoms with Crippen LogP contribution in [0.4, 0.5) is 4.39 Å². The molecule has 8 heteroatoms. The molecule has 0 spiro atoms. The van der Waals surface area contributed by atoms with Gasteiger partial charge in [-0.25, -0.2) is 4.39 Å². The van der Waals surface area contributed by atoms with Crippen molar-refractivity contribution < 1.29 is 24.2 Å². The van der Waals surface area contributed by atoms with Crippen molar-refractivity contribution in [2.24, 2.45) is 0 Å². The molecule has 1 atom stereocenters. The number of benzene rings is 3. The van der Waals surface area contributed by atoms with E-state index >= 15 is 0 Å². The second-order valence-corrected chi connectivity index (χ2v) is 8.09. The van der Waals surface area contributed by atoms with Crippen molar-refractivity contribution >= 4 is 40.7 Å². The molecule has 0 aromatic heterocycles. The van der Waals surface area contributed by atoms with E-state index in [0.29, 0.717) is 11.1 Å². The number of phenolic OH excluding ortho intramolecular Hbond substituents is 1. The Hall–Kier alpha value is -3.35. The van der Waals surface area contributed by atoms with Gasteiger partial charge >= 0.3 is 0 Å². The molecule has 0 bridgehead atoms. The highest BCUT2D eigenvalue weighted by molar-refractivity contribution is 6.46. The highest BCUT2D eigenvalue weighted by atomic mass is 35.5. The second kappa shape index (κ2) is 8.65. The van der Waals surface area contributed by atoms with Gasteiger partial charge in [-0.15, -0.1) is 0 Å². The number of halogens is 3. The van der Waals surface area contributed by atoms with Crippen LogP contribution in [0, 0.1) is 5.82 Å². The monoisotopic (exact) mass is 471 g/mol. The van der Waals surface area contributed by atoms with E-state index in [-0.39, 0.29) is 33.5 Å². The molecule has 162 valence electrons. The number of likely N-dealkylation sites (tertiary alicyclic amines) is 1. The number of nitrogens with zero attached hydrogens (tertiary/aromatic N) is 1. The van der Waals surface area contributed by atoms with Crippen LogP contribution in [0.1, 0.15) is 22.7 Å². The Morgan fingerprint density at radius 3 is 2.22 bits per heavy atom. The van der Waals surface area contributed by atoms with Crippen LogP contribution in [-0.4, -0.2) is 26.8 Å². The summed E-state index contributed by atoms with van der Waals surface area (Å²) in [4.78, 5) is 27.3. The van der Waals surface area contributed by atoms with Crippen molar-refractivity contribution in [3.05, 3.63) is 105 Å². The van der Waals surface area contributed by atoms with Gasteiger partial charge in [0, 0.05) is 12.1 Å². The minimum Gasteiger partial charge on any atom is -0.508 e. The summed E-state index contributed by atoms with van der Waals surface area (Å²) in [7, 11) is 0. The molecule has 1 saturated heterocycles. The third-order valence-electron chi connectivity index (χ3n) is 5.21. The first-order chi connectivity index (χ1) is 15.3. The van der Waals surface area contributed by atoms with Crippen molar-refractivity contribution in [2.75, 3.05) is 0 Å². The van der Waals surface area contributed by atoms with Crippen molar-refractivity contribution in [1.29, 1.82) is 0 Å². The summed E-state index contributed by atoms with van der Waals surface area (Å²) in [5.41, 5.74) is 1.21. The van der Waals surface area contributed by atoms with E-state index < -0.39 is 29.3 Å². The topological polar surface area (TPSA) is 77.8 Å². The highest BCUT2D eigenvalue weighted by Gasteiger charge is 2.46. The van der Waals surface area contributed by atoms with Gasteiger partial charge in [-0.2, -0.15) is 0 Å². The third kappa shape index (κ3) is 4.07. The third-order valence-corrected chi connectivity index (χ3v) is 5.95. The van der Waals surface area contributed by atoms with E-state index in [2.05, 4.69) is 0 Å². The molecule has 1 fully saturated rings. The number of hydrogen-bond acceptors (Lipinski definition) is 4. The molecule has 4 rings (SSSR count). The zero-order valence-electron chi connectivity index (χ0n) is 16.4. The smallest absolute Gasteiger partial charge is 0.295 e. The number of Topliss-reactive ketones (excluding diaryl/α,β-unsaturated/α-hetero) is 1. The summed E-state index contributed by atoms with van der Waals surface area (Å²) in [5, 5.41) is 21.1. The number of aliphatic hydroxyl groups is 1. The van der Waals surface area contributed by atoms with Gasteiger partial charge in [-0.05, 0) is 53.6 Å². The minimum absolute atomic E-state index is 0.00807. The summed E-state index contributed by atoms with van der Waals surface area (Å²) in [6.45, 7) is 0.00848. The van der Waals surface area contributed by atoms with Crippen LogP contribution in [-0.2, 0) is 16.1 Å². The Labute approximate surface area is 192 Å². The van der Waals surface area contributed by atoms with Gasteiger partial charge < -0.3 is 15.1 Å². The average Bonchev–Trinajstić information content (AvgIpc) is 3.02. The van der Waals surface area contributed by atoms with Gasteiger partial charge in [-0.3, -0.25) is 9.59 Å². The summed E-state index contributed by atoms with van der Waals surface area (Å²) in [5.74, 6) is -2.50. The lowest BCUT2D eigenvalue weighted by Crippen LogP contribution is -2.29. The molecule has 1 aliphatic rings. The fourth-order valence-corrected chi connectivity index (χ4v) is 3.93. The van der Waals surface area contributed by atoms with Crippen molar-refractivity contribution in [1.82, 2.24) is 4.90 Å². The molecular weight excluding hydrogens is 456 g/mol. The quantitative estimate of drug-likeness (QED) is 0.300. The fourth-order valence-electron chi connectivity index (χ4n) is 3.63. The number of ketones is 1. The van der Waals surface area contributed by atoms with E-state index in [9.17, 15) is 24.2 Å². The van der Waals surface area contributed by atoms with Crippen LogP contribution in [0.15, 0.2) is 72.3 Å². The molecule has 1 amide bonds.